The molecule has 12 heteroatoms. The van der Waals surface area contributed by atoms with Crippen LogP contribution in [0, 0.1) is 5.41 Å². The molecule has 6 N–H and O–H groups in total. The number of fused-ring (bicyclic) bond motifs is 1. The second-order valence-electron chi connectivity index (χ2n) is 13.2. The number of hydrogen-bond acceptors (Lipinski definition) is 7. The molecular weight excluding hydrogens is 562 g/mol. The van der Waals surface area contributed by atoms with Crippen molar-refractivity contribution in [1.82, 2.24) is 36.8 Å². The number of amides is 5. The van der Waals surface area contributed by atoms with Gasteiger partial charge in [0.2, 0.25) is 29.5 Å². The zero-order valence-electron chi connectivity index (χ0n) is 27.4. The van der Waals surface area contributed by atoms with Crippen molar-refractivity contribution >= 4 is 29.5 Å². The molecule has 0 radical (unpaired) electrons. The molecule has 1 saturated heterocycles. The maximum absolute atomic E-state index is 14.2. The molecule has 5 amide bonds. The van der Waals surface area contributed by atoms with Crippen LogP contribution in [0.2, 0.25) is 0 Å². The number of rotatable bonds is 11. The summed E-state index contributed by atoms with van der Waals surface area (Å²) in [6, 6.07) is 3.75. The van der Waals surface area contributed by atoms with Crippen molar-refractivity contribution in [3.05, 3.63) is 35.4 Å². The minimum Gasteiger partial charge on any atom is -0.350 e. The van der Waals surface area contributed by atoms with Gasteiger partial charge in [-0.05, 0) is 77.1 Å². The van der Waals surface area contributed by atoms with Gasteiger partial charge in [-0.25, -0.2) is 0 Å². The fraction of sp³-hybridized carbons (Fsp3) is 0.656. The molecule has 1 aromatic carbocycles. The van der Waals surface area contributed by atoms with Crippen LogP contribution >= 0.6 is 0 Å². The lowest BCUT2D eigenvalue weighted by Gasteiger charge is -2.36. The summed E-state index contributed by atoms with van der Waals surface area (Å²) in [7, 11) is 3.32. The number of carbonyl (C=O) groups excluding carboxylic acids is 5. The van der Waals surface area contributed by atoms with Gasteiger partial charge in [0.1, 0.15) is 18.1 Å². The van der Waals surface area contributed by atoms with E-state index in [2.05, 4.69) is 38.0 Å². The van der Waals surface area contributed by atoms with Crippen LogP contribution in [0.5, 0.6) is 0 Å². The average Bonchev–Trinajstić information content (AvgIpc) is 3.41. The van der Waals surface area contributed by atoms with Gasteiger partial charge in [0.15, 0.2) is 0 Å². The van der Waals surface area contributed by atoms with Crippen molar-refractivity contribution in [3.63, 3.8) is 0 Å². The van der Waals surface area contributed by atoms with Crippen LogP contribution in [0.15, 0.2) is 24.3 Å². The van der Waals surface area contributed by atoms with Crippen molar-refractivity contribution in [1.29, 1.82) is 0 Å². The van der Waals surface area contributed by atoms with E-state index in [9.17, 15) is 24.0 Å². The molecule has 0 unspecified atom stereocenters. The highest BCUT2D eigenvalue weighted by molar-refractivity contribution is 5.94. The Morgan fingerprint density at radius 3 is 2.07 bits per heavy atom. The normalized spacial score (nSPS) is 22.5. The Bertz CT molecular complexity index is 1220. The number of aryl methyl sites for hydroxylation is 1. The highest BCUT2D eigenvalue weighted by Crippen LogP contribution is 2.31. The second kappa shape index (κ2) is 15.0. The number of hydrogen-bond donors (Lipinski definition) is 6. The van der Waals surface area contributed by atoms with E-state index < -0.39 is 47.6 Å². The van der Waals surface area contributed by atoms with E-state index in [1.807, 2.05) is 39.0 Å². The molecule has 0 spiro atoms. The van der Waals surface area contributed by atoms with E-state index in [0.29, 0.717) is 0 Å². The summed E-state index contributed by atoms with van der Waals surface area (Å²) in [6.45, 7) is 10.7. The number of likely N-dealkylation sites (tertiary alicyclic amines) is 1. The van der Waals surface area contributed by atoms with Crippen LogP contribution < -0.4 is 31.9 Å². The summed E-state index contributed by atoms with van der Waals surface area (Å²) in [6.07, 6.45) is 2.87. The van der Waals surface area contributed by atoms with Crippen LogP contribution in [0.4, 0.5) is 0 Å². The second-order valence-corrected chi connectivity index (χ2v) is 13.2. The first-order chi connectivity index (χ1) is 20.7. The van der Waals surface area contributed by atoms with Crippen molar-refractivity contribution in [2.24, 2.45) is 5.41 Å². The number of likely N-dealkylation sites (N-methyl/N-ethyl adjacent to an activating group) is 2. The summed E-state index contributed by atoms with van der Waals surface area (Å²) in [5.41, 5.74) is 1.62. The van der Waals surface area contributed by atoms with Crippen LogP contribution in [0.1, 0.15) is 78.0 Å². The maximum atomic E-state index is 14.2. The quantitative estimate of drug-likeness (QED) is 0.212. The van der Waals surface area contributed by atoms with Gasteiger partial charge >= 0.3 is 0 Å². The molecule has 1 heterocycles. The van der Waals surface area contributed by atoms with Crippen molar-refractivity contribution in [2.75, 3.05) is 20.6 Å². The minimum absolute atomic E-state index is 0.0849. The average molecular weight is 614 g/mol. The van der Waals surface area contributed by atoms with Crippen molar-refractivity contribution in [3.8, 4) is 0 Å². The Kier molecular flexibility index (Phi) is 11.9. The van der Waals surface area contributed by atoms with E-state index >= 15 is 0 Å². The smallest absolute Gasteiger partial charge is 0.246 e. The maximum Gasteiger partial charge on any atom is 0.246 e. The van der Waals surface area contributed by atoms with E-state index in [4.69, 9.17) is 0 Å². The fourth-order valence-corrected chi connectivity index (χ4v) is 5.68. The number of carbonyl (C=O) groups is 5. The van der Waals surface area contributed by atoms with Gasteiger partial charge in [-0.1, -0.05) is 45.0 Å². The predicted octanol–water partition coefficient (Wildman–Crippen LogP) is 0.517. The predicted molar refractivity (Wildman–Crippen MR) is 168 cm³/mol. The molecule has 1 aliphatic heterocycles. The Labute approximate surface area is 261 Å². The Morgan fingerprint density at radius 2 is 1.45 bits per heavy atom. The summed E-state index contributed by atoms with van der Waals surface area (Å²) in [5, 5.41) is 17.4. The van der Waals surface area contributed by atoms with Crippen LogP contribution in [0.3, 0.4) is 0 Å². The van der Waals surface area contributed by atoms with Gasteiger partial charge in [0.05, 0.1) is 18.1 Å². The molecule has 0 bridgehead atoms. The molecule has 3 rings (SSSR count). The lowest BCUT2D eigenvalue weighted by Crippen LogP contribution is -2.59. The fourth-order valence-electron chi connectivity index (χ4n) is 5.68. The lowest BCUT2D eigenvalue weighted by atomic mass is 9.85. The number of benzene rings is 1. The molecule has 1 aliphatic carbocycles. The third-order valence-electron chi connectivity index (χ3n) is 8.72. The topological polar surface area (TPSA) is 161 Å². The van der Waals surface area contributed by atoms with Crippen LogP contribution in [-0.2, 0) is 30.4 Å². The summed E-state index contributed by atoms with van der Waals surface area (Å²) in [5.74, 6) is -1.75. The first-order valence-electron chi connectivity index (χ1n) is 15.6. The van der Waals surface area contributed by atoms with Gasteiger partial charge in [-0.15, -0.1) is 0 Å². The zero-order chi connectivity index (χ0) is 32.8. The first-order valence-corrected chi connectivity index (χ1v) is 15.6. The molecule has 0 saturated carbocycles. The number of nitrogens with zero attached hydrogens (tertiary/aromatic N) is 1. The van der Waals surface area contributed by atoms with Crippen LogP contribution in [-0.4, -0.2) is 91.3 Å². The van der Waals surface area contributed by atoms with Crippen molar-refractivity contribution < 1.29 is 24.0 Å². The summed E-state index contributed by atoms with van der Waals surface area (Å²) < 4.78 is 0. The van der Waals surface area contributed by atoms with Crippen LogP contribution in [0.25, 0.3) is 0 Å². The van der Waals surface area contributed by atoms with E-state index in [0.717, 1.165) is 24.8 Å². The Hall–Kier alpha value is -3.51. The molecule has 0 aromatic heterocycles. The molecule has 1 fully saturated rings. The number of nitrogens with one attached hydrogen (secondary N) is 6. The minimum atomic E-state index is -0.910. The molecule has 2 aliphatic rings. The lowest BCUT2D eigenvalue weighted by molar-refractivity contribution is -0.144. The molecule has 244 valence electrons. The molecule has 44 heavy (non-hydrogen) atoms. The van der Waals surface area contributed by atoms with Gasteiger partial charge in [0, 0.05) is 12.6 Å². The summed E-state index contributed by atoms with van der Waals surface area (Å²) >= 11 is 0. The highest BCUT2D eigenvalue weighted by atomic mass is 16.2. The van der Waals surface area contributed by atoms with Gasteiger partial charge < -0.3 is 36.8 Å². The molecule has 1 aromatic rings. The van der Waals surface area contributed by atoms with E-state index in [-0.39, 0.29) is 42.6 Å². The third-order valence-corrected chi connectivity index (χ3v) is 8.72. The molecule has 7 atom stereocenters. The Balaban J connectivity index is 1.85. The van der Waals surface area contributed by atoms with Gasteiger partial charge in [0.25, 0.3) is 0 Å². The monoisotopic (exact) mass is 613 g/mol. The standard InChI is InChI=1S/C32H51N7O5/c1-18(33-7)27(40)35-20(3)29(42)36-22-16-25(30(43)37-24-15-11-13-21-12-9-10-14-23(21)24)39(17-22)31(44)26(32(4,5)6)38-28(41)19(2)34-8/h9-10,12,14,18-20,22,24-26,33-34H,11,13,15-17H2,1-8H3,(H,35,40)(H,36,42)(H,37,43)(H,38,41)/t18-,19-,20-,22-,24+,25-,26+/m0/s1. The largest absolute Gasteiger partial charge is 0.350 e. The first kappa shape index (κ1) is 35.0. The van der Waals surface area contributed by atoms with Crippen molar-refractivity contribution in [2.45, 2.75) is 110 Å². The van der Waals surface area contributed by atoms with E-state index in [1.54, 1.807) is 34.9 Å². The van der Waals surface area contributed by atoms with Gasteiger partial charge in [-0.3, -0.25) is 24.0 Å². The van der Waals surface area contributed by atoms with E-state index in [1.165, 1.54) is 10.5 Å². The highest BCUT2D eigenvalue weighted by Gasteiger charge is 2.46. The third kappa shape index (κ3) is 8.56. The molecule has 12 nitrogen and oxygen atoms in total. The Morgan fingerprint density at radius 1 is 0.841 bits per heavy atom. The van der Waals surface area contributed by atoms with Gasteiger partial charge in [-0.2, -0.15) is 0 Å². The SMILES string of the molecule is CN[C@@H](C)C(=O)N[C@@H](C)C(=O)N[C@H]1C[C@@H](C(=O)N[C@@H]2CCCc3ccccc32)N(C(=O)[C@@H](NC(=O)[C@H](C)NC)C(C)(C)C)C1. The molecular formula is C32H51N7O5. The zero-order valence-corrected chi connectivity index (χ0v) is 27.4. The summed E-state index contributed by atoms with van der Waals surface area (Å²) in [4.78, 5) is 67.9.